The van der Waals surface area contributed by atoms with Gasteiger partial charge in [-0.05, 0) is 38.2 Å². The molecule has 0 radical (unpaired) electrons. The van der Waals surface area contributed by atoms with Crippen LogP contribution in [0.2, 0.25) is 0 Å². The van der Waals surface area contributed by atoms with Crippen molar-refractivity contribution in [3.8, 4) is 0 Å². The number of amides is 1. The number of carbonyl (C=O) groups excluding carboxylic acids is 1. The fraction of sp³-hybridized carbons (Fsp3) is 0.556. The second kappa shape index (κ2) is 8.11. The Morgan fingerprint density at radius 2 is 1.87 bits per heavy atom. The number of ether oxygens (including phenoxy) is 1. The van der Waals surface area contributed by atoms with Crippen molar-refractivity contribution in [3.63, 3.8) is 0 Å². The molecule has 1 aromatic rings. The standard InChI is InChI=1S/C18H25NO4/c1-14-5-7-15(8-6-14)3-2-4-16(20)19-18(13-17(21)22)9-11-23-12-10-18/h5-8H,2-4,9-13H2,1H3,(H,19,20)(H,21,22). The summed E-state index contributed by atoms with van der Waals surface area (Å²) in [4.78, 5) is 23.3. The lowest BCUT2D eigenvalue weighted by molar-refractivity contribution is -0.140. The van der Waals surface area contributed by atoms with Gasteiger partial charge in [0.2, 0.25) is 5.91 Å². The van der Waals surface area contributed by atoms with Gasteiger partial charge in [0.15, 0.2) is 0 Å². The Bertz CT molecular complexity index is 532. The molecule has 0 saturated carbocycles. The van der Waals surface area contributed by atoms with Gasteiger partial charge in [0, 0.05) is 19.6 Å². The van der Waals surface area contributed by atoms with Crippen LogP contribution in [0.15, 0.2) is 24.3 Å². The zero-order valence-electron chi connectivity index (χ0n) is 13.6. The molecule has 0 unspecified atom stereocenters. The van der Waals surface area contributed by atoms with Gasteiger partial charge in [-0.25, -0.2) is 0 Å². The Morgan fingerprint density at radius 1 is 1.22 bits per heavy atom. The Hall–Kier alpha value is -1.88. The Morgan fingerprint density at radius 3 is 2.48 bits per heavy atom. The predicted molar refractivity (Wildman–Crippen MR) is 87.3 cm³/mol. The van der Waals surface area contributed by atoms with E-state index in [4.69, 9.17) is 9.84 Å². The maximum Gasteiger partial charge on any atom is 0.305 e. The van der Waals surface area contributed by atoms with E-state index >= 15 is 0 Å². The van der Waals surface area contributed by atoms with Gasteiger partial charge in [0.05, 0.1) is 12.0 Å². The number of benzene rings is 1. The molecule has 1 aromatic carbocycles. The maximum absolute atomic E-state index is 12.2. The van der Waals surface area contributed by atoms with Crippen LogP contribution in [-0.2, 0) is 20.7 Å². The number of nitrogens with one attached hydrogen (secondary N) is 1. The summed E-state index contributed by atoms with van der Waals surface area (Å²) >= 11 is 0. The Balaban J connectivity index is 1.81. The van der Waals surface area contributed by atoms with Crippen LogP contribution in [0.1, 0.15) is 43.2 Å². The number of hydrogen-bond donors (Lipinski definition) is 2. The molecule has 1 aliphatic rings. The average molecular weight is 319 g/mol. The maximum atomic E-state index is 12.2. The van der Waals surface area contributed by atoms with Crippen LogP contribution in [0.3, 0.4) is 0 Å². The van der Waals surface area contributed by atoms with E-state index in [-0.39, 0.29) is 12.3 Å². The number of aryl methyl sites for hydroxylation is 2. The monoisotopic (exact) mass is 319 g/mol. The largest absolute Gasteiger partial charge is 0.481 e. The van der Waals surface area contributed by atoms with E-state index in [0.717, 1.165) is 12.8 Å². The molecular formula is C18H25NO4. The number of hydrogen-bond acceptors (Lipinski definition) is 3. The molecule has 1 amide bonds. The molecule has 23 heavy (non-hydrogen) atoms. The molecule has 0 aliphatic carbocycles. The molecule has 1 aliphatic heterocycles. The van der Waals surface area contributed by atoms with Gasteiger partial charge in [-0.2, -0.15) is 0 Å². The zero-order valence-corrected chi connectivity index (χ0v) is 13.6. The predicted octanol–water partition coefficient (Wildman–Crippen LogP) is 2.46. The van der Waals surface area contributed by atoms with Gasteiger partial charge in [-0.3, -0.25) is 9.59 Å². The van der Waals surface area contributed by atoms with E-state index in [0.29, 0.717) is 32.5 Å². The molecule has 2 rings (SSSR count). The van der Waals surface area contributed by atoms with Crippen LogP contribution in [0, 0.1) is 6.92 Å². The first-order valence-electron chi connectivity index (χ1n) is 8.15. The van der Waals surface area contributed by atoms with Gasteiger partial charge >= 0.3 is 5.97 Å². The summed E-state index contributed by atoms with van der Waals surface area (Å²) in [6.45, 7) is 3.04. The van der Waals surface area contributed by atoms with Crippen molar-refractivity contribution in [1.29, 1.82) is 0 Å². The Labute approximate surface area is 137 Å². The van der Waals surface area contributed by atoms with Crippen LogP contribution in [0.4, 0.5) is 0 Å². The lowest BCUT2D eigenvalue weighted by Crippen LogP contribution is -2.53. The first-order valence-corrected chi connectivity index (χ1v) is 8.15. The second-order valence-corrected chi connectivity index (χ2v) is 6.35. The van der Waals surface area contributed by atoms with Crippen molar-refractivity contribution < 1.29 is 19.4 Å². The highest BCUT2D eigenvalue weighted by Gasteiger charge is 2.36. The fourth-order valence-corrected chi connectivity index (χ4v) is 2.96. The molecule has 126 valence electrons. The molecule has 5 heteroatoms. The summed E-state index contributed by atoms with van der Waals surface area (Å²) in [5.74, 6) is -0.952. The number of rotatable bonds is 7. The molecule has 2 N–H and O–H groups in total. The average Bonchev–Trinajstić information content (AvgIpc) is 2.49. The highest BCUT2D eigenvalue weighted by atomic mass is 16.5. The highest BCUT2D eigenvalue weighted by molar-refractivity contribution is 5.78. The van der Waals surface area contributed by atoms with Crippen LogP contribution >= 0.6 is 0 Å². The van der Waals surface area contributed by atoms with E-state index in [2.05, 4.69) is 29.6 Å². The number of carboxylic acids is 1. The molecule has 5 nitrogen and oxygen atoms in total. The molecular weight excluding hydrogens is 294 g/mol. The number of carbonyl (C=O) groups is 2. The molecule has 0 aromatic heterocycles. The summed E-state index contributed by atoms with van der Waals surface area (Å²) in [5.41, 5.74) is 1.79. The molecule has 0 bridgehead atoms. The van der Waals surface area contributed by atoms with Crippen molar-refractivity contribution in [2.75, 3.05) is 13.2 Å². The van der Waals surface area contributed by atoms with Gasteiger partial charge in [-0.15, -0.1) is 0 Å². The lowest BCUT2D eigenvalue weighted by Gasteiger charge is -2.36. The summed E-state index contributed by atoms with van der Waals surface area (Å²) in [6, 6.07) is 8.30. The third kappa shape index (κ3) is 5.67. The first-order chi connectivity index (χ1) is 11.0. The normalized spacial score (nSPS) is 16.7. The lowest BCUT2D eigenvalue weighted by atomic mass is 9.86. The number of aliphatic carboxylic acids is 1. The topological polar surface area (TPSA) is 75.6 Å². The van der Waals surface area contributed by atoms with Crippen LogP contribution < -0.4 is 5.32 Å². The van der Waals surface area contributed by atoms with E-state index in [1.807, 2.05) is 6.92 Å². The van der Waals surface area contributed by atoms with E-state index < -0.39 is 11.5 Å². The zero-order chi connectivity index (χ0) is 16.7. The summed E-state index contributed by atoms with van der Waals surface area (Å²) in [7, 11) is 0. The highest BCUT2D eigenvalue weighted by Crippen LogP contribution is 2.25. The molecule has 1 fully saturated rings. The van der Waals surface area contributed by atoms with Crippen molar-refractivity contribution in [2.24, 2.45) is 0 Å². The van der Waals surface area contributed by atoms with Crippen LogP contribution in [0.5, 0.6) is 0 Å². The van der Waals surface area contributed by atoms with E-state index in [1.54, 1.807) is 0 Å². The van der Waals surface area contributed by atoms with E-state index in [9.17, 15) is 9.59 Å². The van der Waals surface area contributed by atoms with Crippen molar-refractivity contribution >= 4 is 11.9 Å². The van der Waals surface area contributed by atoms with Crippen molar-refractivity contribution in [2.45, 2.75) is 51.0 Å². The summed E-state index contributed by atoms with van der Waals surface area (Å²) < 4.78 is 5.29. The van der Waals surface area contributed by atoms with Crippen LogP contribution in [-0.4, -0.2) is 35.7 Å². The second-order valence-electron chi connectivity index (χ2n) is 6.35. The minimum atomic E-state index is -0.883. The van der Waals surface area contributed by atoms with Gasteiger partial charge in [0.1, 0.15) is 0 Å². The number of carboxylic acid groups (broad SMARTS) is 1. The minimum absolute atomic E-state index is 0.0416. The molecule has 0 spiro atoms. The van der Waals surface area contributed by atoms with Gasteiger partial charge in [-0.1, -0.05) is 29.8 Å². The minimum Gasteiger partial charge on any atom is -0.481 e. The van der Waals surface area contributed by atoms with Crippen molar-refractivity contribution in [1.82, 2.24) is 5.32 Å². The SMILES string of the molecule is Cc1ccc(CCCC(=O)NC2(CC(=O)O)CCOCC2)cc1. The Kier molecular flexibility index (Phi) is 6.16. The smallest absolute Gasteiger partial charge is 0.305 e. The quantitative estimate of drug-likeness (QED) is 0.809. The van der Waals surface area contributed by atoms with Gasteiger partial charge < -0.3 is 15.2 Å². The fourth-order valence-electron chi connectivity index (χ4n) is 2.96. The van der Waals surface area contributed by atoms with Gasteiger partial charge in [0.25, 0.3) is 0 Å². The summed E-state index contributed by atoms with van der Waals surface area (Å²) in [5, 5.41) is 12.1. The third-order valence-corrected chi connectivity index (χ3v) is 4.33. The molecule has 1 saturated heterocycles. The van der Waals surface area contributed by atoms with E-state index in [1.165, 1.54) is 11.1 Å². The summed E-state index contributed by atoms with van der Waals surface area (Å²) in [6.07, 6.45) is 3.10. The molecule has 1 heterocycles. The van der Waals surface area contributed by atoms with Crippen LogP contribution in [0.25, 0.3) is 0 Å². The third-order valence-electron chi connectivity index (χ3n) is 4.33. The van der Waals surface area contributed by atoms with Crippen molar-refractivity contribution in [3.05, 3.63) is 35.4 Å². The first kappa shape index (κ1) is 17.5. The molecule has 0 atom stereocenters.